The Labute approximate surface area is 139 Å². The van der Waals surface area contributed by atoms with E-state index in [9.17, 15) is 9.00 Å². The van der Waals surface area contributed by atoms with E-state index in [-0.39, 0.29) is 23.2 Å². The molecule has 124 valence electrons. The van der Waals surface area contributed by atoms with Gasteiger partial charge < -0.3 is 0 Å². The zero-order valence-corrected chi connectivity index (χ0v) is 15.3. The van der Waals surface area contributed by atoms with Gasteiger partial charge in [-0.1, -0.05) is 19.1 Å². The molecule has 1 saturated carbocycles. The Morgan fingerprint density at radius 2 is 2.17 bits per heavy atom. The van der Waals surface area contributed by atoms with Crippen LogP contribution in [0.5, 0.6) is 0 Å². The molecule has 0 saturated heterocycles. The summed E-state index contributed by atoms with van der Waals surface area (Å²) in [5, 5.41) is 10.7. The molecule has 1 aliphatic carbocycles. The van der Waals surface area contributed by atoms with E-state index in [0.29, 0.717) is 5.03 Å². The van der Waals surface area contributed by atoms with Gasteiger partial charge >= 0.3 is 0 Å². The molecule has 0 N–H and O–H groups in total. The third-order valence-corrected chi connectivity index (χ3v) is 7.04. The van der Waals surface area contributed by atoms with Gasteiger partial charge in [-0.3, -0.25) is 4.79 Å². The molecule has 23 heavy (non-hydrogen) atoms. The molecular weight excluding hydrogens is 334 g/mol. The van der Waals surface area contributed by atoms with E-state index < -0.39 is 9.73 Å². The molecule has 2 aromatic heterocycles. The van der Waals surface area contributed by atoms with Gasteiger partial charge in [0.2, 0.25) is 0 Å². The molecule has 1 amide bonds. The Morgan fingerprint density at radius 3 is 2.70 bits per heavy atom. The lowest BCUT2D eigenvalue weighted by molar-refractivity contribution is -0.119. The number of carbonyl (C=O) groups is 1. The van der Waals surface area contributed by atoms with Crippen molar-refractivity contribution in [2.45, 2.75) is 31.7 Å². The maximum Gasteiger partial charge on any atom is 0.258 e. The van der Waals surface area contributed by atoms with Crippen LogP contribution >= 0.6 is 11.3 Å². The van der Waals surface area contributed by atoms with Crippen molar-refractivity contribution in [3.63, 3.8) is 0 Å². The maximum absolute atomic E-state index is 12.8. The Kier molecular flexibility index (Phi) is 3.68. The number of nitrogens with zero attached hydrogens (tertiary/aromatic N) is 5. The summed E-state index contributed by atoms with van der Waals surface area (Å²) in [5.74, 6) is -0.575. The van der Waals surface area contributed by atoms with Crippen LogP contribution in [0, 0.1) is 18.3 Å². The first-order chi connectivity index (χ1) is 10.6. The predicted octanol–water partition coefficient (Wildman–Crippen LogP) is 2.00. The second kappa shape index (κ2) is 5.20. The first kappa shape index (κ1) is 16.3. The van der Waals surface area contributed by atoms with Crippen LogP contribution in [0.3, 0.4) is 0 Å². The number of hydrogen-bond donors (Lipinski definition) is 0. The lowest BCUT2D eigenvalue weighted by atomic mass is 10.1. The van der Waals surface area contributed by atoms with Crippen molar-refractivity contribution in [1.29, 1.82) is 0 Å². The topological polar surface area (TPSA) is 90.1 Å². The summed E-state index contributed by atoms with van der Waals surface area (Å²) >= 11 is 1.56. The normalized spacial score (nSPS) is 24.9. The highest BCUT2D eigenvalue weighted by atomic mass is 32.2. The Morgan fingerprint density at radius 1 is 1.48 bits per heavy atom. The summed E-state index contributed by atoms with van der Waals surface area (Å²) in [4.78, 5) is 17.1. The van der Waals surface area contributed by atoms with E-state index >= 15 is 0 Å². The van der Waals surface area contributed by atoms with E-state index in [1.165, 1.54) is 17.1 Å². The summed E-state index contributed by atoms with van der Waals surface area (Å²) in [6.45, 7) is 5.98. The minimum atomic E-state index is -2.86. The molecule has 0 aromatic carbocycles. The highest BCUT2D eigenvalue weighted by molar-refractivity contribution is 7.93. The van der Waals surface area contributed by atoms with Crippen molar-refractivity contribution >= 4 is 27.0 Å². The number of hydrogen-bond acceptors (Lipinski definition) is 6. The van der Waals surface area contributed by atoms with Crippen molar-refractivity contribution < 1.29 is 9.00 Å². The van der Waals surface area contributed by atoms with Crippen molar-refractivity contribution in [3.05, 3.63) is 22.3 Å². The molecule has 0 spiro atoms. The summed E-state index contributed by atoms with van der Waals surface area (Å²) < 4.78 is 18.2. The number of aromatic nitrogens is 4. The van der Waals surface area contributed by atoms with E-state index in [1.807, 2.05) is 26.2 Å². The van der Waals surface area contributed by atoms with Crippen molar-refractivity contribution in [1.82, 2.24) is 20.0 Å². The quantitative estimate of drug-likeness (QED) is 0.842. The summed E-state index contributed by atoms with van der Waals surface area (Å²) in [7, 11) is -1.22. The van der Waals surface area contributed by atoms with E-state index in [1.54, 1.807) is 18.4 Å². The van der Waals surface area contributed by atoms with Crippen LogP contribution in [0.4, 0.5) is 0 Å². The van der Waals surface area contributed by atoms with Gasteiger partial charge in [-0.2, -0.15) is 4.36 Å². The molecule has 1 unspecified atom stereocenters. The van der Waals surface area contributed by atoms with Crippen LogP contribution < -0.4 is 0 Å². The Balaban J connectivity index is 1.91. The zero-order chi connectivity index (χ0) is 17.0. The maximum atomic E-state index is 12.8. The minimum absolute atomic E-state index is 0.0392. The van der Waals surface area contributed by atoms with Gasteiger partial charge in [0.1, 0.15) is 0 Å². The summed E-state index contributed by atoms with van der Waals surface area (Å²) in [6.07, 6.45) is 2.83. The number of rotatable bonds is 3. The Bertz CT molecular complexity index is 889. The van der Waals surface area contributed by atoms with Crippen LogP contribution in [0.1, 0.15) is 30.5 Å². The molecule has 9 heteroatoms. The number of amides is 1. The molecule has 0 aliphatic heterocycles. The molecule has 0 bridgehead atoms. The fourth-order valence-corrected chi connectivity index (χ4v) is 5.42. The van der Waals surface area contributed by atoms with Crippen LogP contribution in [0.25, 0.3) is 0 Å². The molecule has 1 fully saturated rings. The predicted molar refractivity (Wildman–Crippen MR) is 87.6 cm³/mol. The van der Waals surface area contributed by atoms with E-state index in [4.69, 9.17) is 0 Å². The molecule has 0 radical (unpaired) electrons. The second-order valence-corrected chi connectivity index (χ2v) is 9.63. The van der Waals surface area contributed by atoms with Crippen molar-refractivity contribution in [3.8, 4) is 0 Å². The third-order valence-electron chi connectivity index (χ3n) is 4.32. The third kappa shape index (κ3) is 2.72. The monoisotopic (exact) mass is 353 g/mol. The molecule has 7 nitrogen and oxygen atoms in total. The largest absolute Gasteiger partial charge is 0.272 e. The Hall–Kier alpha value is -1.61. The SMILES string of the molecule is Cc1csc([C@@H]2[C@@H](C(=O)N=S(C)(=O)c3cnnn3C)C2(C)C)n1. The van der Waals surface area contributed by atoms with Gasteiger partial charge in [0.25, 0.3) is 5.91 Å². The smallest absolute Gasteiger partial charge is 0.258 e. The van der Waals surface area contributed by atoms with Crippen LogP contribution in [0.2, 0.25) is 0 Å². The molecule has 2 aromatic rings. The average molecular weight is 353 g/mol. The highest BCUT2D eigenvalue weighted by Gasteiger charge is 2.64. The van der Waals surface area contributed by atoms with Gasteiger partial charge in [-0.15, -0.1) is 16.4 Å². The van der Waals surface area contributed by atoms with Crippen molar-refractivity contribution in [2.75, 3.05) is 6.26 Å². The first-order valence-corrected chi connectivity index (χ1v) is 9.97. The molecule has 3 atom stereocenters. The zero-order valence-electron chi connectivity index (χ0n) is 13.7. The number of thiazole rings is 1. The minimum Gasteiger partial charge on any atom is -0.272 e. The average Bonchev–Trinajstić information content (AvgIpc) is 2.81. The first-order valence-electron chi connectivity index (χ1n) is 7.17. The second-order valence-electron chi connectivity index (χ2n) is 6.53. The fraction of sp³-hybridized carbons (Fsp3) is 0.571. The van der Waals surface area contributed by atoms with Gasteiger partial charge in [-0.05, 0) is 12.3 Å². The van der Waals surface area contributed by atoms with Crippen LogP contribution in [-0.4, -0.2) is 36.3 Å². The fourth-order valence-electron chi connectivity index (χ4n) is 2.97. The number of carbonyl (C=O) groups excluding carboxylic acids is 1. The van der Waals surface area contributed by atoms with Gasteiger partial charge in [0.15, 0.2) is 5.03 Å². The van der Waals surface area contributed by atoms with Gasteiger partial charge in [0.05, 0.1) is 26.9 Å². The van der Waals surface area contributed by atoms with Crippen LogP contribution in [-0.2, 0) is 21.6 Å². The van der Waals surface area contributed by atoms with Crippen molar-refractivity contribution in [2.24, 2.45) is 22.7 Å². The molecule has 2 heterocycles. The standard InChI is InChI=1S/C14H19N5O2S2/c1-8-7-22-13(16-8)11-10(14(11,2)3)12(20)17-23(5,21)9-6-15-18-19(9)4/h6-7,10-11H,1-5H3/t10-,11-,23?/m0/s1. The molecule has 3 rings (SSSR count). The highest BCUT2D eigenvalue weighted by Crippen LogP contribution is 2.65. The van der Waals surface area contributed by atoms with Gasteiger partial charge in [-0.25, -0.2) is 13.9 Å². The lowest BCUT2D eigenvalue weighted by Crippen LogP contribution is -2.11. The van der Waals surface area contributed by atoms with Crippen LogP contribution in [0.15, 0.2) is 21.0 Å². The molecular formula is C14H19N5O2S2. The van der Waals surface area contributed by atoms with E-state index in [0.717, 1.165) is 10.7 Å². The summed E-state index contributed by atoms with van der Waals surface area (Å²) in [6, 6.07) is 0. The molecule has 1 aliphatic rings. The van der Waals surface area contributed by atoms with E-state index in [2.05, 4.69) is 19.7 Å². The van der Waals surface area contributed by atoms with Gasteiger partial charge in [0, 0.05) is 30.3 Å². The lowest BCUT2D eigenvalue weighted by Gasteiger charge is -2.03. The number of aryl methyl sites for hydroxylation is 2. The summed E-state index contributed by atoms with van der Waals surface area (Å²) in [5.41, 5.74) is 0.738.